The third-order valence-corrected chi connectivity index (χ3v) is 5.04. The van der Waals surface area contributed by atoms with Crippen molar-refractivity contribution in [2.24, 2.45) is 0 Å². The van der Waals surface area contributed by atoms with Crippen molar-refractivity contribution in [1.82, 2.24) is 0 Å². The first-order valence-corrected chi connectivity index (χ1v) is 7.81. The molecule has 100 valence electrons. The van der Waals surface area contributed by atoms with E-state index in [1.165, 1.54) is 24.3 Å². The van der Waals surface area contributed by atoms with Crippen LogP contribution in [-0.2, 0) is 10.0 Å². The molecule has 7 heteroatoms. The Kier molecular flexibility index (Phi) is 4.03. The molecular weight excluding hydrogens is 354 g/mol. The van der Waals surface area contributed by atoms with E-state index in [0.717, 1.165) is 0 Å². The van der Waals surface area contributed by atoms with Gasteiger partial charge in [0.15, 0.2) is 0 Å². The number of hydrogen-bond acceptors (Lipinski definition) is 3. The summed E-state index contributed by atoms with van der Waals surface area (Å²) in [7, 11) is -3.72. The number of rotatable bonds is 3. The third kappa shape index (κ3) is 3.20. The highest BCUT2D eigenvalue weighted by Gasteiger charge is 2.17. The summed E-state index contributed by atoms with van der Waals surface area (Å²) in [5, 5.41) is 9.60. The fraction of sp³-hybridized carbons (Fsp3) is 0. The Bertz CT molecular complexity index is 719. The Labute approximate surface area is 124 Å². The quantitative estimate of drug-likeness (QED) is 0.876. The van der Waals surface area contributed by atoms with Crippen molar-refractivity contribution in [2.75, 3.05) is 4.72 Å². The first-order valence-electron chi connectivity index (χ1n) is 5.16. The van der Waals surface area contributed by atoms with E-state index in [1.807, 2.05) is 0 Å². The van der Waals surface area contributed by atoms with Crippen molar-refractivity contribution in [3.05, 3.63) is 52.0 Å². The smallest absolute Gasteiger partial charge is 0.263 e. The largest absolute Gasteiger partial charge is 0.506 e. The van der Waals surface area contributed by atoms with Gasteiger partial charge in [0.25, 0.3) is 10.0 Å². The molecule has 0 atom stereocenters. The Balaban J connectivity index is 2.37. The average Bonchev–Trinajstić information content (AvgIpc) is 2.34. The van der Waals surface area contributed by atoms with E-state index in [9.17, 15) is 13.5 Å². The minimum atomic E-state index is -3.72. The molecule has 0 amide bonds. The molecule has 0 heterocycles. The van der Waals surface area contributed by atoms with Crippen LogP contribution in [-0.4, -0.2) is 13.5 Å². The van der Waals surface area contributed by atoms with E-state index in [2.05, 4.69) is 20.7 Å². The number of halogens is 2. The zero-order chi connectivity index (χ0) is 14.0. The highest BCUT2D eigenvalue weighted by atomic mass is 79.9. The van der Waals surface area contributed by atoms with Crippen molar-refractivity contribution in [1.29, 1.82) is 0 Å². The minimum Gasteiger partial charge on any atom is -0.506 e. The van der Waals surface area contributed by atoms with Crippen LogP contribution < -0.4 is 4.72 Å². The van der Waals surface area contributed by atoms with Crippen LogP contribution in [0.25, 0.3) is 0 Å². The van der Waals surface area contributed by atoms with E-state index in [-0.39, 0.29) is 21.4 Å². The van der Waals surface area contributed by atoms with Gasteiger partial charge in [-0.1, -0.05) is 23.7 Å². The van der Waals surface area contributed by atoms with Gasteiger partial charge in [-0.2, -0.15) is 0 Å². The molecule has 2 aromatic carbocycles. The molecule has 0 aliphatic carbocycles. The van der Waals surface area contributed by atoms with Gasteiger partial charge in [0.2, 0.25) is 0 Å². The summed E-state index contributed by atoms with van der Waals surface area (Å²) >= 11 is 8.84. The highest BCUT2D eigenvalue weighted by molar-refractivity contribution is 9.10. The molecule has 0 unspecified atom stereocenters. The Morgan fingerprint density at radius 2 is 1.84 bits per heavy atom. The number of phenols is 1. The molecule has 0 fully saturated rings. The van der Waals surface area contributed by atoms with Crippen molar-refractivity contribution in [3.63, 3.8) is 0 Å². The average molecular weight is 363 g/mol. The molecule has 0 aliphatic rings. The summed E-state index contributed by atoms with van der Waals surface area (Å²) in [5.74, 6) is -0.186. The van der Waals surface area contributed by atoms with Gasteiger partial charge in [-0.25, -0.2) is 8.42 Å². The van der Waals surface area contributed by atoms with Crippen LogP contribution in [0.2, 0.25) is 5.02 Å². The Morgan fingerprint density at radius 3 is 2.47 bits per heavy atom. The summed E-state index contributed by atoms with van der Waals surface area (Å²) in [6.07, 6.45) is 0. The van der Waals surface area contributed by atoms with Crippen LogP contribution in [0.1, 0.15) is 0 Å². The molecule has 19 heavy (non-hydrogen) atoms. The molecule has 0 saturated heterocycles. The van der Waals surface area contributed by atoms with Crippen LogP contribution in [0, 0.1) is 0 Å². The highest BCUT2D eigenvalue weighted by Crippen LogP contribution is 2.29. The summed E-state index contributed by atoms with van der Waals surface area (Å²) < 4.78 is 27.2. The first kappa shape index (κ1) is 14.2. The monoisotopic (exact) mass is 361 g/mol. The molecule has 2 rings (SSSR count). The Hall–Kier alpha value is -1.24. The second-order valence-electron chi connectivity index (χ2n) is 3.70. The minimum absolute atomic E-state index is 0.115. The Morgan fingerprint density at radius 1 is 1.16 bits per heavy atom. The van der Waals surface area contributed by atoms with Gasteiger partial charge in [0.05, 0.1) is 10.7 Å². The maximum absolute atomic E-state index is 12.2. The van der Waals surface area contributed by atoms with Gasteiger partial charge in [-0.3, -0.25) is 4.72 Å². The van der Waals surface area contributed by atoms with Crippen molar-refractivity contribution >= 4 is 43.2 Å². The van der Waals surface area contributed by atoms with Crippen LogP contribution in [0.4, 0.5) is 5.69 Å². The zero-order valence-electron chi connectivity index (χ0n) is 9.47. The molecule has 0 radical (unpaired) electrons. The summed E-state index contributed by atoms with van der Waals surface area (Å²) in [6.45, 7) is 0. The molecule has 0 aromatic heterocycles. The van der Waals surface area contributed by atoms with Gasteiger partial charge in [0, 0.05) is 10.5 Å². The summed E-state index contributed by atoms with van der Waals surface area (Å²) in [5.41, 5.74) is 0.234. The fourth-order valence-electron chi connectivity index (χ4n) is 1.45. The fourth-order valence-corrected chi connectivity index (χ4v) is 3.62. The predicted molar refractivity (Wildman–Crippen MR) is 78.1 cm³/mol. The van der Waals surface area contributed by atoms with Gasteiger partial charge in [0.1, 0.15) is 10.6 Å². The lowest BCUT2D eigenvalue weighted by Gasteiger charge is -2.10. The van der Waals surface area contributed by atoms with Gasteiger partial charge in [-0.15, -0.1) is 0 Å². The number of benzene rings is 2. The third-order valence-electron chi connectivity index (χ3n) is 2.32. The standard InChI is InChI=1S/C12H9BrClNO3S/c13-9-3-1-2-4-12(9)19(17,18)15-8-5-6-10(14)11(16)7-8/h1-7,15-16H. The number of hydrogen-bond donors (Lipinski definition) is 2. The molecule has 0 saturated carbocycles. The molecule has 0 aliphatic heterocycles. The molecule has 4 nitrogen and oxygen atoms in total. The summed E-state index contributed by atoms with van der Waals surface area (Å²) in [4.78, 5) is 0.115. The normalized spacial score (nSPS) is 11.3. The van der Waals surface area contributed by atoms with E-state index >= 15 is 0 Å². The van der Waals surface area contributed by atoms with Gasteiger partial charge in [-0.05, 0) is 40.2 Å². The molecule has 2 N–H and O–H groups in total. The first-order chi connectivity index (χ1) is 8.90. The lowest BCUT2D eigenvalue weighted by atomic mass is 10.3. The van der Waals surface area contributed by atoms with Gasteiger partial charge >= 0.3 is 0 Å². The van der Waals surface area contributed by atoms with E-state index in [1.54, 1.807) is 18.2 Å². The van der Waals surface area contributed by atoms with Crippen molar-refractivity contribution in [3.8, 4) is 5.75 Å². The predicted octanol–water partition coefficient (Wildman–Crippen LogP) is 3.61. The van der Waals surface area contributed by atoms with E-state index < -0.39 is 10.0 Å². The van der Waals surface area contributed by atoms with Crippen LogP contribution >= 0.6 is 27.5 Å². The van der Waals surface area contributed by atoms with Crippen LogP contribution in [0.15, 0.2) is 51.8 Å². The second-order valence-corrected chi connectivity index (χ2v) is 6.61. The van der Waals surface area contributed by atoms with Crippen molar-refractivity contribution < 1.29 is 13.5 Å². The number of sulfonamides is 1. The number of phenolic OH excluding ortho intramolecular Hbond substituents is 1. The van der Waals surface area contributed by atoms with Crippen LogP contribution in [0.5, 0.6) is 5.75 Å². The van der Waals surface area contributed by atoms with Crippen molar-refractivity contribution in [2.45, 2.75) is 4.90 Å². The molecular formula is C12H9BrClNO3S. The maximum atomic E-state index is 12.2. The summed E-state index contributed by atoms with van der Waals surface area (Å²) in [6, 6.07) is 10.6. The van der Waals surface area contributed by atoms with Gasteiger partial charge < -0.3 is 5.11 Å². The SMILES string of the molecule is O=S(=O)(Nc1ccc(Cl)c(O)c1)c1ccccc1Br. The topological polar surface area (TPSA) is 66.4 Å². The number of anilines is 1. The number of aromatic hydroxyl groups is 1. The van der Waals surface area contributed by atoms with Crippen LogP contribution in [0.3, 0.4) is 0 Å². The lowest BCUT2D eigenvalue weighted by Crippen LogP contribution is -2.13. The second kappa shape index (κ2) is 5.40. The molecule has 0 spiro atoms. The van der Waals surface area contributed by atoms with E-state index in [4.69, 9.17) is 11.6 Å². The number of nitrogens with one attached hydrogen (secondary N) is 1. The molecule has 0 bridgehead atoms. The maximum Gasteiger partial charge on any atom is 0.263 e. The lowest BCUT2D eigenvalue weighted by molar-refractivity contribution is 0.476. The zero-order valence-corrected chi connectivity index (χ0v) is 12.6. The molecule has 2 aromatic rings. The van der Waals surface area contributed by atoms with E-state index in [0.29, 0.717) is 4.47 Å².